The molecule has 3 aromatic rings. The van der Waals surface area contributed by atoms with Crippen molar-refractivity contribution in [1.82, 2.24) is 0 Å². The molecule has 2 amide bonds. The maximum absolute atomic E-state index is 13.6. The Balaban J connectivity index is 1.81. The van der Waals surface area contributed by atoms with Crippen LogP contribution in [0.15, 0.2) is 88.3 Å². The first-order chi connectivity index (χ1) is 14.9. The molecule has 0 radical (unpaired) electrons. The van der Waals surface area contributed by atoms with E-state index in [-0.39, 0.29) is 11.8 Å². The lowest BCUT2D eigenvalue weighted by Crippen LogP contribution is -2.34. The van der Waals surface area contributed by atoms with Crippen LogP contribution in [0.2, 0.25) is 5.02 Å². The van der Waals surface area contributed by atoms with Gasteiger partial charge in [0.25, 0.3) is 11.8 Å². The second kappa shape index (κ2) is 8.61. The molecule has 4 nitrogen and oxygen atoms in total. The van der Waals surface area contributed by atoms with Crippen molar-refractivity contribution in [3.05, 3.63) is 99.5 Å². The number of carbonyl (C=O) groups excluding carboxylic acids is 2. The average Bonchev–Trinajstić information content (AvgIpc) is 2.99. The van der Waals surface area contributed by atoms with Gasteiger partial charge in [-0.1, -0.05) is 59.3 Å². The number of nitrogens with zero attached hydrogens (tertiary/aromatic N) is 2. The van der Waals surface area contributed by atoms with Crippen molar-refractivity contribution in [2.24, 2.45) is 0 Å². The van der Waals surface area contributed by atoms with E-state index in [2.05, 4.69) is 0 Å². The van der Waals surface area contributed by atoms with E-state index in [4.69, 9.17) is 11.6 Å². The number of hydrogen-bond acceptors (Lipinski definition) is 4. The van der Waals surface area contributed by atoms with Crippen LogP contribution < -0.4 is 9.80 Å². The molecule has 0 saturated heterocycles. The molecule has 0 atom stereocenters. The Morgan fingerprint density at radius 3 is 2.19 bits per heavy atom. The van der Waals surface area contributed by atoms with Gasteiger partial charge < -0.3 is 4.90 Å². The zero-order chi connectivity index (χ0) is 22.1. The summed E-state index contributed by atoms with van der Waals surface area (Å²) in [6.45, 7) is 3.85. The Morgan fingerprint density at radius 2 is 1.55 bits per heavy atom. The zero-order valence-corrected chi connectivity index (χ0v) is 19.0. The fourth-order valence-electron chi connectivity index (χ4n) is 3.48. The minimum Gasteiger partial charge on any atom is -0.339 e. The van der Waals surface area contributed by atoms with Gasteiger partial charge >= 0.3 is 0 Å². The van der Waals surface area contributed by atoms with Crippen LogP contribution in [-0.2, 0) is 9.59 Å². The molecule has 0 fully saturated rings. The quantitative estimate of drug-likeness (QED) is 0.451. The Morgan fingerprint density at radius 1 is 0.871 bits per heavy atom. The van der Waals surface area contributed by atoms with Gasteiger partial charge in [-0.15, -0.1) is 0 Å². The van der Waals surface area contributed by atoms with Gasteiger partial charge in [-0.25, -0.2) is 4.90 Å². The number of aryl methyl sites for hydroxylation is 2. The molecule has 1 aliphatic heterocycles. The van der Waals surface area contributed by atoms with Gasteiger partial charge in [-0.05, 0) is 61.9 Å². The third-order valence-corrected chi connectivity index (χ3v) is 6.45. The summed E-state index contributed by atoms with van der Waals surface area (Å²) in [4.78, 5) is 31.4. The van der Waals surface area contributed by atoms with E-state index >= 15 is 0 Å². The summed E-state index contributed by atoms with van der Waals surface area (Å²) in [6.07, 6.45) is 0. The number of anilines is 2. The van der Waals surface area contributed by atoms with Gasteiger partial charge in [0.1, 0.15) is 10.6 Å². The number of imide groups is 1. The highest BCUT2D eigenvalue weighted by Gasteiger charge is 2.42. The summed E-state index contributed by atoms with van der Waals surface area (Å²) in [6, 6.07) is 22.6. The van der Waals surface area contributed by atoms with Gasteiger partial charge in [0.05, 0.1) is 5.69 Å². The summed E-state index contributed by atoms with van der Waals surface area (Å²) in [5.74, 6) is -0.685. The first kappa shape index (κ1) is 21.2. The van der Waals surface area contributed by atoms with Gasteiger partial charge in [0, 0.05) is 22.7 Å². The molecule has 4 rings (SSSR count). The predicted octanol–water partition coefficient (Wildman–Crippen LogP) is 5.97. The first-order valence-electron chi connectivity index (χ1n) is 9.79. The van der Waals surface area contributed by atoms with Crippen LogP contribution in [0.4, 0.5) is 11.4 Å². The van der Waals surface area contributed by atoms with E-state index in [0.29, 0.717) is 21.3 Å². The van der Waals surface area contributed by atoms with Crippen molar-refractivity contribution in [3.8, 4) is 0 Å². The minimum atomic E-state index is -0.351. The molecule has 3 aromatic carbocycles. The molecule has 0 spiro atoms. The number of para-hydroxylation sites is 1. The molecular weight excluding hydrogens is 428 g/mol. The second-order valence-electron chi connectivity index (χ2n) is 7.36. The van der Waals surface area contributed by atoms with Gasteiger partial charge in [-0.2, -0.15) is 0 Å². The maximum Gasteiger partial charge on any atom is 0.283 e. The smallest absolute Gasteiger partial charge is 0.283 e. The first-order valence-corrected chi connectivity index (χ1v) is 11.0. The number of likely N-dealkylation sites (N-methyl/N-ethyl adjacent to an activating group) is 1. The summed E-state index contributed by atoms with van der Waals surface area (Å²) >= 11 is 7.40. The van der Waals surface area contributed by atoms with Crippen LogP contribution in [0, 0.1) is 13.8 Å². The number of halogens is 1. The number of benzene rings is 3. The third-order valence-electron chi connectivity index (χ3n) is 5.14. The van der Waals surface area contributed by atoms with Gasteiger partial charge in [-0.3, -0.25) is 9.59 Å². The highest BCUT2D eigenvalue weighted by molar-refractivity contribution is 8.04. The Bertz CT molecular complexity index is 1190. The molecule has 0 aromatic heterocycles. The molecule has 31 heavy (non-hydrogen) atoms. The molecule has 0 bridgehead atoms. The van der Waals surface area contributed by atoms with Gasteiger partial charge in [0.15, 0.2) is 0 Å². The SMILES string of the molecule is Cc1ccc(SC2=C(N(C)c3ccccc3)C(=O)N(c3ccc(Cl)cc3C)C2=O)cc1. The van der Waals surface area contributed by atoms with Crippen molar-refractivity contribution < 1.29 is 9.59 Å². The van der Waals surface area contributed by atoms with Crippen LogP contribution in [0.5, 0.6) is 0 Å². The number of amides is 2. The summed E-state index contributed by atoms with van der Waals surface area (Å²) < 4.78 is 0. The molecular formula is C25H21ClN2O2S. The molecule has 1 aliphatic rings. The Hall–Kier alpha value is -3.02. The van der Waals surface area contributed by atoms with E-state index in [0.717, 1.165) is 21.7 Å². The number of hydrogen-bond donors (Lipinski definition) is 0. The summed E-state index contributed by atoms with van der Waals surface area (Å²) in [7, 11) is 1.81. The van der Waals surface area contributed by atoms with Crippen molar-refractivity contribution in [3.63, 3.8) is 0 Å². The highest BCUT2D eigenvalue weighted by Crippen LogP contribution is 2.40. The molecule has 156 valence electrons. The fourth-order valence-corrected chi connectivity index (χ4v) is 4.71. The van der Waals surface area contributed by atoms with Crippen molar-refractivity contribution >= 4 is 46.6 Å². The molecule has 0 aliphatic carbocycles. The monoisotopic (exact) mass is 448 g/mol. The topological polar surface area (TPSA) is 40.6 Å². The average molecular weight is 449 g/mol. The van der Waals surface area contributed by atoms with E-state index < -0.39 is 0 Å². The largest absolute Gasteiger partial charge is 0.339 e. The van der Waals surface area contributed by atoms with E-state index in [9.17, 15) is 9.59 Å². The minimum absolute atomic E-state index is 0.334. The van der Waals surface area contributed by atoms with Crippen molar-refractivity contribution in [2.75, 3.05) is 16.8 Å². The summed E-state index contributed by atoms with van der Waals surface area (Å²) in [5, 5.41) is 0.559. The second-order valence-corrected chi connectivity index (χ2v) is 8.88. The Labute approximate surface area is 191 Å². The highest BCUT2D eigenvalue weighted by atomic mass is 35.5. The van der Waals surface area contributed by atoms with Crippen LogP contribution in [0.3, 0.4) is 0 Å². The van der Waals surface area contributed by atoms with Crippen LogP contribution in [0.1, 0.15) is 11.1 Å². The molecule has 1 heterocycles. The molecule has 0 N–H and O–H groups in total. The van der Waals surface area contributed by atoms with E-state index in [1.165, 1.54) is 16.7 Å². The van der Waals surface area contributed by atoms with Crippen molar-refractivity contribution in [2.45, 2.75) is 18.7 Å². The van der Waals surface area contributed by atoms with E-state index in [1.807, 2.05) is 75.5 Å². The standard InChI is InChI=1S/C25H21ClN2O2S/c1-16-9-12-20(13-10-16)31-23-22(27(3)19-7-5-4-6-8-19)24(29)28(25(23)30)21-14-11-18(26)15-17(21)2/h4-15H,1-3H3. The number of rotatable bonds is 5. The number of thioether (sulfide) groups is 1. The lowest BCUT2D eigenvalue weighted by Gasteiger charge is -2.22. The van der Waals surface area contributed by atoms with Gasteiger partial charge in [0.2, 0.25) is 0 Å². The van der Waals surface area contributed by atoms with Crippen molar-refractivity contribution in [1.29, 1.82) is 0 Å². The molecule has 6 heteroatoms. The van der Waals surface area contributed by atoms with Crippen LogP contribution in [-0.4, -0.2) is 18.9 Å². The van der Waals surface area contributed by atoms with Crippen LogP contribution >= 0.6 is 23.4 Å². The number of carbonyl (C=O) groups is 2. The fraction of sp³-hybridized carbons (Fsp3) is 0.120. The zero-order valence-electron chi connectivity index (χ0n) is 17.4. The molecule has 0 unspecified atom stereocenters. The maximum atomic E-state index is 13.6. The third kappa shape index (κ3) is 4.11. The lowest BCUT2D eigenvalue weighted by atomic mass is 10.2. The molecule has 0 saturated carbocycles. The Kier molecular flexibility index (Phi) is 5.90. The van der Waals surface area contributed by atoms with Crippen LogP contribution in [0.25, 0.3) is 0 Å². The predicted molar refractivity (Wildman–Crippen MR) is 128 cm³/mol. The summed E-state index contributed by atoms with van der Waals surface area (Å²) in [5.41, 5.74) is 3.62. The van der Waals surface area contributed by atoms with E-state index in [1.54, 1.807) is 23.1 Å². The lowest BCUT2D eigenvalue weighted by molar-refractivity contribution is -0.120. The normalized spacial score (nSPS) is 13.9.